The normalized spacial score (nSPS) is 15.0. The van der Waals surface area contributed by atoms with Crippen LogP contribution in [0, 0.1) is 33.6 Å². The third-order valence-electron chi connectivity index (χ3n) is 11.6. The zero-order chi connectivity index (χ0) is 56.2. The van der Waals surface area contributed by atoms with E-state index >= 15 is 0 Å². The summed E-state index contributed by atoms with van der Waals surface area (Å²) < 4.78 is 115. The molecule has 0 radical (unpaired) electrons. The molecule has 2 heterocycles. The number of hydrogen-bond donors (Lipinski definition) is 1. The summed E-state index contributed by atoms with van der Waals surface area (Å²) in [6, 6.07) is 33.2. The average molecular weight is 1040 g/mol. The molecule has 0 aliphatic carbocycles. The van der Waals surface area contributed by atoms with Crippen LogP contribution in [-0.2, 0) is 31.9 Å². The van der Waals surface area contributed by atoms with Crippen LogP contribution < -0.4 is 0 Å². The van der Waals surface area contributed by atoms with Gasteiger partial charge in [-0.25, -0.2) is 4.98 Å². The first-order valence-electron chi connectivity index (χ1n) is 27.7. The van der Waals surface area contributed by atoms with Crippen LogP contribution in [0.4, 0.5) is 0 Å². The van der Waals surface area contributed by atoms with Gasteiger partial charge in [0.25, 0.3) is 0 Å². The Morgan fingerprint density at radius 3 is 2.00 bits per heavy atom. The van der Waals surface area contributed by atoms with E-state index in [-0.39, 0.29) is 49.1 Å². The second-order valence-corrected chi connectivity index (χ2v) is 18.4. The largest absolute Gasteiger partial charge is 0.507 e. The van der Waals surface area contributed by atoms with Gasteiger partial charge in [-0.2, -0.15) is 0 Å². The van der Waals surface area contributed by atoms with E-state index in [1.54, 1.807) is 19.1 Å². The first kappa shape index (κ1) is 31.5. The van der Waals surface area contributed by atoms with Gasteiger partial charge in [-0.15, -0.1) is 29.3 Å². The second kappa shape index (κ2) is 17.6. The predicted molar refractivity (Wildman–Crippen MR) is 268 cm³/mol. The molecule has 0 fully saturated rings. The average Bonchev–Trinajstić information content (AvgIpc) is 3.82. The summed E-state index contributed by atoms with van der Waals surface area (Å²) in [7, 11) is 0. The molecule has 0 atom stereocenters. The molecule has 0 aliphatic heterocycles. The summed E-state index contributed by atoms with van der Waals surface area (Å²) in [5, 5.41) is 12.0. The summed E-state index contributed by atoms with van der Waals surface area (Å²) in [5.74, 6) is 0.295. The summed E-state index contributed by atoms with van der Waals surface area (Å²) in [6.45, 7) is 10.5. The molecule has 7 aromatic carbocycles. The van der Waals surface area contributed by atoms with Crippen LogP contribution in [0.2, 0.25) is 0 Å². The zero-order valence-electron chi connectivity index (χ0n) is 50.5. The molecule has 2 aromatic heterocycles. The topological polar surface area (TPSA) is 50.9 Å². The van der Waals surface area contributed by atoms with E-state index in [4.69, 9.17) is 21.4 Å². The van der Waals surface area contributed by atoms with E-state index in [9.17, 15) is 6.48 Å². The second-order valence-electron chi connectivity index (χ2n) is 18.4. The monoisotopic (exact) mass is 1040 g/mol. The van der Waals surface area contributed by atoms with Gasteiger partial charge in [0.1, 0.15) is 11.6 Å². The molecule has 65 heavy (non-hydrogen) atoms. The van der Waals surface area contributed by atoms with Crippen molar-refractivity contribution in [2.24, 2.45) is 0 Å². The van der Waals surface area contributed by atoms with Crippen LogP contribution in [0.3, 0.4) is 0 Å². The molecule has 0 unspecified atom stereocenters. The van der Waals surface area contributed by atoms with Gasteiger partial charge in [0.2, 0.25) is 0 Å². The third kappa shape index (κ3) is 8.90. The number of para-hydroxylation sites is 1. The molecule has 5 heteroatoms. The first-order chi connectivity index (χ1) is 35.9. The van der Waals surface area contributed by atoms with Crippen molar-refractivity contribution in [3.8, 4) is 78.6 Å². The smallest absolute Gasteiger partial charge is 0.148 e. The molecule has 0 spiro atoms. The van der Waals surface area contributed by atoms with Crippen molar-refractivity contribution in [2.45, 2.75) is 79.9 Å². The van der Waals surface area contributed by atoms with Gasteiger partial charge >= 0.3 is 0 Å². The number of fused-ring (bicyclic) bond motifs is 1. The molecular formula is C60H56N3OPt-. The molecule has 9 rings (SSSR count). The molecule has 328 valence electrons. The van der Waals surface area contributed by atoms with E-state index < -0.39 is 78.2 Å². The minimum absolute atomic E-state index is 0. The molecule has 9 aromatic rings. The maximum absolute atomic E-state index is 12.0. The summed E-state index contributed by atoms with van der Waals surface area (Å²) in [4.78, 5) is 9.81. The van der Waals surface area contributed by atoms with E-state index in [0.29, 0.717) is 61.5 Å². The van der Waals surface area contributed by atoms with Crippen molar-refractivity contribution in [1.29, 1.82) is 0 Å². The van der Waals surface area contributed by atoms with Crippen molar-refractivity contribution in [3.63, 3.8) is 0 Å². The number of benzene rings is 7. The Morgan fingerprint density at radius 2 is 1.31 bits per heavy atom. The molecule has 0 aliphatic rings. The number of aromatic nitrogens is 3. The maximum Gasteiger partial charge on any atom is 0.148 e. The van der Waals surface area contributed by atoms with E-state index in [0.717, 1.165) is 22.3 Å². The van der Waals surface area contributed by atoms with Crippen LogP contribution in [-0.4, -0.2) is 19.6 Å². The fourth-order valence-corrected chi connectivity index (χ4v) is 8.17. The van der Waals surface area contributed by atoms with Gasteiger partial charge in [0.05, 0.1) is 31.9 Å². The van der Waals surface area contributed by atoms with Gasteiger partial charge in [0, 0.05) is 46.7 Å². The SMILES string of the molecule is [2H]c1nc(-c2[c-]c(-c3cccc4c3nc(-c3cc(C)cc(C)c3O)n4-c3cc(C([2H])([2H])[2H])c(-c4ccccc4)cc3-c3ccc(C(C)(C)C)cc3)cc(C(C)(C)C)c2)c([2H])c(-c2c([2H])c([2H])c(C([2H])([2H])[2H])c([2H])c2[2H])c1[2H].[Pt]. The Bertz CT molecular complexity index is 3820. The number of aryl methyl sites for hydroxylation is 3. The van der Waals surface area contributed by atoms with Crippen molar-refractivity contribution in [3.05, 3.63) is 191 Å². The first-order valence-corrected chi connectivity index (χ1v) is 21.2. The number of phenolic OH excluding ortho intramolecular Hbond substituents is 1. The standard InChI is InChI=1S/C60H56N3O.Pt/c1-37-19-21-41(22-20-37)44-27-28-61-53(35-44)46-32-45(33-48(34-46)60(8,9)10)49-17-14-18-54-56(49)62-58(52-30-38(2)29-40(4)57(52)64)63(54)55-31-39(3)50(42-15-12-11-13-16-42)36-51(55)43-23-25-47(26-24-43)59(5,6)7;/h11-31,33-36,64H,1-10H3;/q-1;/i1D3,3D3,19D,20D,21D,22D,27D,28D,35D;. The van der Waals surface area contributed by atoms with Gasteiger partial charge < -0.3 is 5.11 Å². The van der Waals surface area contributed by atoms with E-state index in [1.165, 1.54) is 0 Å². The number of pyridine rings is 1. The summed E-state index contributed by atoms with van der Waals surface area (Å²) in [5.41, 5.74) is 6.58. The third-order valence-corrected chi connectivity index (χ3v) is 11.6. The van der Waals surface area contributed by atoms with Crippen LogP contribution in [0.25, 0.3) is 83.9 Å². The fourth-order valence-electron chi connectivity index (χ4n) is 8.17. The maximum atomic E-state index is 12.0. The van der Waals surface area contributed by atoms with Crippen LogP contribution in [0.15, 0.2) is 152 Å². The molecule has 0 saturated heterocycles. The Labute approximate surface area is 417 Å². The zero-order valence-corrected chi connectivity index (χ0v) is 39.8. The quantitative estimate of drug-likeness (QED) is 0.162. The number of phenols is 1. The predicted octanol–water partition coefficient (Wildman–Crippen LogP) is 15.8. The van der Waals surface area contributed by atoms with Gasteiger partial charge in [0.15, 0.2) is 0 Å². The van der Waals surface area contributed by atoms with Crippen LogP contribution in [0.1, 0.15) is 92.7 Å². The summed E-state index contributed by atoms with van der Waals surface area (Å²) in [6.07, 6.45) is -0.629. The Hall–Kier alpha value is -6.35. The fraction of sp³-hybridized carbons (Fsp3) is 0.200. The van der Waals surface area contributed by atoms with Crippen LogP contribution >= 0.6 is 0 Å². The van der Waals surface area contributed by atoms with Crippen molar-refractivity contribution in [1.82, 2.24) is 14.5 Å². The van der Waals surface area contributed by atoms with Crippen molar-refractivity contribution < 1.29 is 44.0 Å². The Balaban J connectivity index is 0.00000803. The van der Waals surface area contributed by atoms with E-state index in [1.807, 2.05) is 117 Å². The van der Waals surface area contributed by atoms with Crippen molar-refractivity contribution >= 4 is 11.0 Å². The Morgan fingerprint density at radius 1 is 0.600 bits per heavy atom. The van der Waals surface area contributed by atoms with Gasteiger partial charge in [-0.1, -0.05) is 161 Å². The number of aromatic hydroxyl groups is 1. The van der Waals surface area contributed by atoms with Crippen molar-refractivity contribution in [2.75, 3.05) is 0 Å². The number of nitrogens with zero attached hydrogens (tertiary/aromatic N) is 3. The van der Waals surface area contributed by atoms with Gasteiger partial charge in [-0.05, 0) is 119 Å². The Kier molecular flexibility index (Phi) is 8.51. The number of hydrogen-bond acceptors (Lipinski definition) is 3. The molecule has 4 nitrogen and oxygen atoms in total. The number of imidazole rings is 1. The molecule has 0 saturated carbocycles. The van der Waals surface area contributed by atoms with Crippen LogP contribution in [0.5, 0.6) is 5.75 Å². The number of rotatable bonds is 7. The molecule has 0 amide bonds. The van der Waals surface area contributed by atoms with E-state index in [2.05, 4.69) is 44.0 Å². The minimum Gasteiger partial charge on any atom is -0.507 e. The minimum atomic E-state index is -3.00. The molecule has 0 bridgehead atoms. The molecule has 1 N–H and O–H groups in total. The summed E-state index contributed by atoms with van der Waals surface area (Å²) >= 11 is 0. The molecular weight excluding hydrogens is 974 g/mol. The van der Waals surface area contributed by atoms with Gasteiger partial charge in [-0.3, -0.25) is 9.55 Å².